The number of thioether (sulfide) groups is 1. The molecule has 0 radical (unpaired) electrons. The van der Waals surface area contributed by atoms with Crippen molar-refractivity contribution in [2.75, 3.05) is 24.7 Å². The smallest absolute Gasteiger partial charge is 0.364 e. The normalized spacial score (nSPS) is 24.3. The van der Waals surface area contributed by atoms with Crippen molar-refractivity contribution in [2.45, 2.75) is 69.4 Å². The number of amides is 2. The second-order valence-corrected chi connectivity index (χ2v) is 11.2. The predicted octanol–water partition coefficient (Wildman–Crippen LogP) is 0.816. The van der Waals surface area contributed by atoms with Crippen LogP contribution in [0.5, 0.6) is 0 Å². The summed E-state index contributed by atoms with van der Waals surface area (Å²) in [5, 5.41) is 49.5. The van der Waals surface area contributed by atoms with Crippen LogP contribution in [0, 0.1) is 0 Å². The van der Waals surface area contributed by atoms with E-state index >= 15 is 0 Å². The van der Waals surface area contributed by atoms with E-state index in [1.807, 2.05) is 49.4 Å². The molecule has 2 aromatic rings. The van der Waals surface area contributed by atoms with Gasteiger partial charge in [0.15, 0.2) is 0 Å². The molecular formula is C28H38N2O9S. The number of hydrogen-bond donors (Lipinski definition) is 6. The minimum atomic E-state index is -2.30. The minimum absolute atomic E-state index is 0.0209. The van der Waals surface area contributed by atoms with Gasteiger partial charge in [0.2, 0.25) is 11.8 Å². The lowest BCUT2D eigenvalue weighted by Crippen LogP contribution is -2.68. The number of rotatable bonds is 14. The molecule has 2 amide bonds. The fourth-order valence-corrected chi connectivity index (χ4v) is 5.26. The summed E-state index contributed by atoms with van der Waals surface area (Å²) in [5.74, 6) is -3.14. The van der Waals surface area contributed by atoms with Crippen molar-refractivity contribution < 1.29 is 44.3 Å². The Morgan fingerprint density at radius 3 is 2.58 bits per heavy atom. The fraction of sp³-hybridized carbons (Fsp3) is 0.536. The van der Waals surface area contributed by atoms with E-state index < -0.39 is 60.4 Å². The van der Waals surface area contributed by atoms with Crippen LogP contribution < -0.4 is 10.6 Å². The van der Waals surface area contributed by atoms with Gasteiger partial charge in [0.25, 0.3) is 5.79 Å². The molecule has 0 saturated carbocycles. The first kappa shape index (κ1) is 31.8. The van der Waals surface area contributed by atoms with E-state index in [0.29, 0.717) is 6.42 Å². The van der Waals surface area contributed by atoms with Crippen molar-refractivity contribution >= 4 is 40.3 Å². The standard InChI is InChI=1S/C28H38N2O9S/c1-3-40-12-6-11-38-28(27(36)37)15-21(32)24(30-17(2)31)26(39-28)25(35)22(33)16-29-23(34)14-18-9-10-19-7-4-5-8-20(19)13-18/h4-5,7-10,13,21-22,24-26,32-33,35H,3,6,11-12,14-16H2,1-2H3,(H,29,34)(H,30,31)(H,36,37)/t21-,22+,24+,25?,26+,28+/m0/s1. The average Bonchev–Trinajstić information content (AvgIpc) is 2.92. The zero-order valence-electron chi connectivity index (χ0n) is 22.6. The first-order valence-corrected chi connectivity index (χ1v) is 14.4. The van der Waals surface area contributed by atoms with E-state index in [4.69, 9.17) is 9.47 Å². The summed E-state index contributed by atoms with van der Waals surface area (Å²) >= 11 is 1.65. The summed E-state index contributed by atoms with van der Waals surface area (Å²) in [6, 6.07) is 12.1. The number of aliphatic hydroxyl groups is 3. The number of nitrogens with one attached hydrogen (secondary N) is 2. The lowest BCUT2D eigenvalue weighted by Gasteiger charge is -2.46. The molecule has 1 saturated heterocycles. The van der Waals surface area contributed by atoms with Gasteiger partial charge in [-0.2, -0.15) is 11.8 Å². The molecule has 40 heavy (non-hydrogen) atoms. The Bertz CT molecular complexity index is 1170. The Balaban J connectivity index is 1.67. The van der Waals surface area contributed by atoms with Crippen molar-refractivity contribution in [3.63, 3.8) is 0 Å². The molecule has 0 aromatic heterocycles. The predicted molar refractivity (Wildman–Crippen MR) is 150 cm³/mol. The number of aliphatic hydroxyl groups excluding tert-OH is 3. The first-order valence-electron chi connectivity index (χ1n) is 13.2. The third-order valence-corrected chi connectivity index (χ3v) is 7.64. The average molecular weight is 579 g/mol. The Kier molecular flexibility index (Phi) is 11.7. The van der Waals surface area contributed by atoms with Crippen LogP contribution in [0.2, 0.25) is 0 Å². The summed E-state index contributed by atoms with van der Waals surface area (Å²) < 4.78 is 11.3. The van der Waals surface area contributed by atoms with E-state index in [0.717, 1.165) is 27.8 Å². The van der Waals surface area contributed by atoms with Gasteiger partial charge >= 0.3 is 5.97 Å². The van der Waals surface area contributed by atoms with Crippen molar-refractivity contribution in [2.24, 2.45) is 0 Å². The van der Waals surface area contributed by atoms with Gasteiger partial charge in [-0.25, -0.2) is 4.79 Å². The number of benzene rings is 2. The van der Waals surface area contributed by atoms with Gasteiger partial charge in [-0.05, 0) is 34.3 Å². The third kappa shape index (κ3) is 8.38. The molecule has 220 valence electrons. The highest BCUT2D eigenvalue weighted by Crippen LogP contribution is 2.33. The second-order valence-electron chi connectivity index (χ2n) is 9.76. The van der Waals surface area contributed by atoms with Gasteiger partial charge in [0.05, 0.1) is 31.3 Å². The lowest BCUT2D eigenvalue weighted by atomic mass is 9.88. The topological polar surface area (TPSA) is 175 Å². The number of carbonyl (C=O) groups is 3. The molecule has 1 fully saturated rings. The molecule has 3 rings (SSSR count). The molecule has 11 nitrogen and oxygen atoms in total. The first-order chi connectivity index (χ1) is 19.1. The van der Waals surface area contributed by atoms with E-state index in [1.54, 1.807) is 11.8 Å². The molecule has 2 aromatic carbocycles. The molecule has 0 spiro atoms. The molecular weight excluding hydrogens is 540 g/mol. The van der Waals surface area contributed by atoms with Gasteiger partial charge in [-0.15, -0.1) is 0 Å². The zero-order valence-corrected chi connectivity index (χ0v) is 23.4. The molecule has 1 aliphatic rings. The summed E-state index contributed by atoms with van der Waals surface area (Å²) in [6.45, 7) is 2.83. The van der Waals surface area contributed by atoms with Crippen LogP contribution in [-0.2, 0) is 30.3 Å². The van der Waals surface area contributed by atoms with Crippen molar-refractivity contribution in [3.8, 4) is 0 Å². The van der Waals surface area contributed by atoms with Crippen LogP contribution in [0.3, 0.4) is 0 Å². The Labute approximate surface area is 237 Å². The van der Waals surface area contributed by atoms with Crippen LogP contribution >= 0.6 is 11.8 Å². The van der Waals surface area contributed by atoms with Crippen LogP contribution in [0.15, 0.2) is 42.5 Å². The van der Waals surface area contributed by atoms with E-state index in [-0.39, 0.29) is 19.6 Å². The molecule has 12 heteroatoms. The van der Waals surface area contributed by atoms with E-state index in [9.17, 15) is 34.8 Å². The number of ether oxygens (including phenoxy) is 2. The lowest BCUT2D eigenvalue weighted by molar-refractivity contribution is -0.310. The monoisotopic (exact) mass is 578 g/mol. The van der Waals surface area contributed by atoms with Gasteiger partial charge in [0, 0.05) is 19.9 Å². The van der Waals surface area contributed by atoms with E-state index in [1.165, 1.54) is 6.92 Å². The highest BCUT2D eigenvalue weighted by molar-refractivity contribution is 7.99. The largest absolute Gasteiger partial charge is 0.477 e. The maximum atomic E-state index is 12.6. The second kappa shape index (κ2) is 14.8. The molecule has 1 heterocycles. The summed E-state index contributed by atoms with van der Waals surface area (Å²) in [6.07, 6.45) is -6.36. The van der Waals surface area contributed by atoms with Crippen molar-refractivity contribution in [3.05, 3.63) is 48.0 Å². The number of carboxylic acid groups (broad SMARTS) is 1. The van der Waals surface area contributed by atoms with Crippen LogP contribution in [0.4, 0.5) is 0 Å². The van der Waals surface area contributed by atoms with E-state index in [2.05, 4.69) is 10.6 Å². The fourth-order valence-electron chi connectivity index (χ4n) is 4.65. The summed E-state index contributed by atoms with van der Waals surface area (Å²) in [5.41, 5.74) is 0.761. The Morgan fingerprint density at radius 1 is 1.18 bits per heavy atom. The SMILES string of the molecule is CCSCCCO[C@]1(C(=O)O)C[C@H](O)[C@@H](NC(C)=O)[C@H](C(O)[C@H](O)CNC(=O)Cc2ccc3ccccc3c2)O1. The van der Waals surface area contributed by atoms with Crippen LogP contribution in [0.25, 0.3) is 10.8 Å². The van der Waals surface area contributed by atoms with Gasteiger partial charge in [-0.1, -0.05) is 49.4 Å². The summed E-state index contributed by atoms with van der Waals surface area (Å²) in [4.78, 5) is 36.6. The highest BCUT2D eigenvalue weighted by Gasteiger charge is 2.55. The number of hydrogen-bond acceptors (Lipinski definition) is 9. The quantitative estimate of drug-likeness (QED) is 0.176. The molecule has 6 N–H and O–H groups in total. The molecule has 0 aliphatic carbocycles. The number of carbonyl (C=O) groups excluding carboxylic acids is 2. The highest BCUT2D eigenvalue weighted by atomic mass is 32.2. The van der Waals surface area contributed by atoms with Crippen molar-refractivity contribution in [1.82, 2.24) is 10.6 Å². The zero-order chi connectivity index (χ0) is 29.3. The summed E-state index contributed by atoms with van der Waals surface area (Å²) in [7, 11) is 0. The number of fused-ring (bicyclic) bond motifs is 1. The van der Waals surface area contributed by atoms with Crippen molar-refractivity contribution in [1.29, 1.82) is 0 Å². The number of aliphatic carboxylic acids is 1. The van der Waals surface area contributed by atoms with Crippen LogP contribution in [0.1, 0.15) is 32.3 Å². The minimum Gasteiger partial charge on any atom is -0.477 e. The number of carboxylic acids is 1. The Hall–Kier alpha value is -2.74. The molecule has 6 atom stereocenters. The molecule has 1 aliphatic heterocycles. The Morgan fingerprint density at radius 2 is 1.90 bits per heavy atom. The molecule has 1 unspecified atom stereocenters. The van der Waals surface area contributed by atoms with Gasteiger partial charge < -0.3 is 40.5 Å². The third-order valence-electron chi connectivity index (χ3n) is 6.66. The molecule has 0 bridgehead atoms. The van der Waals surface area contributed by atoms with Gasteiger partial charge in [-0.3, -0.25) is 9.59 Å². The van der Waals surface area contributed by atoms with Crippen LogP contribution in [-0.4, -0.2) is 99.1 Å². The maximum Gasteiger partial charge on any atom is 0.364 e. The van der Waals surface area contributed by atoms with Gasteiger partial charge in [0.1, 0.15) is 12.2 Å². The maximum absolute atomic E-state index is 12.6.